The summed E-state index contributed by atoms with van der Waals surface area (Å²) in [5, 5.41) is 18.6. The number of unbranched alkanes of at least 4 members (excludes halogenated alkanes) is 12. The molecule has 0 saturated heterocycles. The molecule has 0 saturated carbocycles. The van der Waals surface area contributed by atoms with Crippen LogP contribution in [-0.2, 0) is 0 Å². The molecule has 0 fully saturated rings. The monoisotopic (exact) mass is 357 g/mol. The van der Waals surface area contributed by atoms with Crippen molar-refractivity contribution in [1.82, 2.24) is 4.90 Å². The fourth-order valence-corrected chi connectivity index (χ4v) is 3.63. The fraction of sp³-hybridized carbons (Fsp3) is 1.00. The minimum atomic E-state index is -0.0269. The average molecular weight is 358 g/mol. The Kier molecular flexibility index (Phi) is 20.1. The Labute approximate surface area is 158 Å². The molecule has 0 aromatic heterocycles. The van der Waals surface area contributed by atoms with Gasteiger partial charge in [-0.1, -0.05) is 104 Å². The number of rotatable bonds is 20. The van der Waals surface area contributed by atoms with E-state index in [0.717, 1.165) is 6.54 Å². The Morgan fingerprint density at radius 2 is 0.920 bits per heavy atom. The van der Waals surface area contributed by atoms with Crippen molar-refractivity contribution in [3.63, 3.8) is 0 Å². The molecule has 0 amide bonds. The molecular formula is C22H47NO2. The molecule has 0 spiro atoms. The first kappa shape index (κ1) is 24.9. The zero-order valence-electron chi connectivity index (χ0n) is 17.4. The van der Waals surface area contributed by atoms with Crippen molar-refractivity contribution < 1.29 is 10.2 Å². The van der Waals surface area contributed by atoms with Crippen molar-refractivity contribution in [2.24, 2.45) is 5.92 Å². The minimum Gasteiger partial charge on any atom is -0.381 e. The maximum atomic E-state index is 9.32. The van der Waals surface area contributed by atoms with E-state index >= 15 is 0 Å². The van der Waals surface area contributed by atoms with Gasteiger partial charge in [0.25, 0.3) is 0 Å². The lowest BCUT2D eigenvalue weighted by Gasteiger charge is -2.24. The Balaban J connectivity index is 3.85. The SMILES string of the molecule is CCCCCCCCCCC(CCCCCCCC)CN(CO)CO. The van der Waals surface area contributed by atoms with Crippen molar-refractivity contribution in [1.29, 1.82) is 0 Å². The minimum absolute atomic E-state index is 0.0269. The lowest BCUT2D eigenvalue weighted by Crippen LogP contribution is -2.31. The Morgan fingerprint density at radius 3 is 1.28 bits per heavy atom. The highest BCUT2D eigenvalue weighted by Crippen LogP contribution is 2.20. The van der Waals surface area contributed by atoms with Crippen molar-refractivity contribution in [3.8, 4) is 0 Å². The molecule has 0 bridgehead atoms. The van der Waals surface area contributed by atoms with Crippen LogP contribution in [-0.4, -0.2) is 35.1 Å². The third-order valence-electron chi connectivity index (χ3n) is 5.35. The highest BCUT2D eigenvalue weighted by atomic mass is 16.3. The lowest BCUT2D eigenvalue weighted by atomic mass is 9.93. The Bertz CT molecular complexity index is 244. The van der Waals surface area contributed by atoms with Gasteiger partial charge in [0.2, 0.25) is 0 Å². The number of nitrogens with zero attached hydrogens (tertiary/aromatic N) is 1. The molecule has 0 aliphatic rings. The molecule has 0 radical (unpaired) electrons. The first-order valence-electron chi connectivity index (χ1n) is 11.2. The van der Waals surface area contributed by atoms with Gasteiger partial charge >= 0.3 is 0 Å². The summed E-state index contributed by atoms with van der Waals surface area (Å²) >= 11 is 0. The summed E-state index contributed by atoms with van der Waals surface area (Å²) in [4.78, 5) is 1.76. The van der Waals surface area contributed by atoms with E-state index < -0.39 is 0 Å². The summed E-state index contributed by atoms with van der Waals surface area (Å²) in [6.45, 7) is 5.32. The third kappa shape index (κ3) is 17.1. The van der Waals surface area contributed by atoms with Gasteiger partial charge in [0, 0.05) is 6.54 Å². The van der Waals surface area contributed by atoms with E-state index in [1.165, 1.54) is 103 Å². The molecule has 1 atom stereocenters. The molecule has 152 valence electrons. The van der Waals surface area contributed by atoms with Crippen LogP contribution in [0.15, 0.2) is 0 Å². The predicted octanol–water partition coefficient (Wildman–Crippen LogP) is 6.09. The summed E-state index contributed by atoms with van der Waals surface area (Å²) in [5.74, 6) is 0.630. The normalized spacial score (nSPS) is 12.8. The van der Waals surface area contributed by atoms with E-state index in [4.69, 9.17) is 0 Å². The van der Waals surface area contributed by atoms with Gasteiger partial charge in [-0.15, -0.1) is 0 Å². The van der Waals surface area contributed by atoms with Crippen LogP contribution in [0.25, 0.3) is 0 Å². The number of aliphatic hydroxyl groups is 2. The molecule has 3 nitrogen and oxygen atoms in total. The van der Waals surface area contributed by atoms with Crippen LogP contribution in [0.4, 0.5) is 0 Å². The summed E-state index contributed by atoms with van der Waals surface area (Å²) < 4.78 is 0. The lowest BCUT2D eigenvalue weighted by molar-refractivity contribution is 0.0158. The van der Waals surface area contributed by atoms with E-state index in [0.29, 0.717) is 5.92 Å². The molecule has 0 aromatic carbocycles. The Morgan fingerprint density at radius 1 is 0.560 bits per heavy atom. The van der Waals surface area contributed by atoms with E-state index in [1.54, 1.807) is 4.90 Å². The highest BCUT2D eigenvalue weighted by Gasteiger charge is 2.13. The molecule has 0 aliphatic heterocycles. The zero-order valence-corrected chi connectivity index (χ0v) is 17.4. The second kappa shape index (κ2) is 20.2. The molecular weight excluding hydrogens is 310 g/mol. The Hall–Kier alpha value is -0.120. The van der Waals surface area contributed by atoms with Crippen LogP contribution in [0, 0.1) is 5.92 Å². The molecule has 1 unspecified atom stereocenters. The van der Waals surface area contributed by atoms with Crippen LogP contribution in [0.5, 0.6) is 0 Å². The van der Waals surface area contributed by atoms with Gasteiger partial charge < -0.3 is 10.2 Å². The summed E-state index contributed by atoms with van der Waals surface area (Å²) in [6.07, 6.45) is 21.5. The quantitative estimate of drug-likeness (QED) is 0.205. The van der Waals surface area contributed by atoms with Gasteiger partial charge in [-0.05, 0) is 18.8 Å². The third-order valence-corrected chi connectivity index (χ3v) is 5.35. The van der Waals surface area contributed by atoms with Crippen LogP contribution in [0.1, 0.15) is 117 Å². The topological polar surface area (TPSA) is 43.7 Å². The van der Waals surface area contributed by atoms with Crippen LogP contribution in [0.2, 0.25) is 0 Å². The summed E-state index contributed by atoms with van der Waals surface area (Å²) in [6, 6.07) is 0. The summed E-state index contributed by atoms with van der Waals surface area (Å²) in [5.41, 5.74) is 0. The van der Waals surface area contributed by atoms with E-state index in [1.807, 2.05) is 0 Å². The molecule has 0 rings (SSSR count). The second-order valence-electron chi connectivity index (χ2n) is 7.82. The number of hydrogen-bond acceptors (Lipinski definition) is 3. The highest BCUT2D eigenvalue weighted by molar-refractivity contribution is 4.64. The molecule has 25 heavy (non-hydrogen) atoms. The first-order valence-corrected chi connectivity index (χ1v) is 11.2. The van der Waals surface area contributed by atoms with Crippen LogP contribution >= 0.6 is 0 Å². The second-order valence-corrected chi connectivity index (χ2v) is 7.82. The van der Waals surface area contributed by atoms with Crippen molar-refractivity contribution in [2.75, 3.05) is 20.0 Å². The number of aliphatic hydroxyl groups excluding tert-OH is 2. The van der Waals surface area contributed by atoms with Gasteiger partial charge in [0.15, 0.2) is 0 Å². The van der Waals surface area contributed by atoms with Gasteiger partial charge in [-0.2, -0.15) is 0 Å². The van der Waals surface area contributed by atoms with E-state index in [2.05, 4.69) is 13.8 Å². The van der Waals surface area contributed by atoms with Gasteiger partial charge in [0.1, 0.15) is 0 Å². The maximum Gasteiger partial charge on any atom is 0.0974 e. The average Bonchev–Trinajstić information content (AvgIpc) is 2.63. The molecule has 0 aliphatic carbocycles. The molecule has 0 heterocycles. The van der Waals surface area contributed by atoms with Crippen molar-refractivity contribution in [3.05, 3.63) is 0 Å². The smallest absolute Gasteiger partial charge is 0.0974 e. The molecule has 0 aromatic rings. The number of hydrogen-bond donors (Lipinski definition) is 2. The summed E-state index contributed by atoms with van der Waals surface area (Å²) in [7, 11) is 0. The van der Waals surface area contributed by atoms with Crippen molar-refractivity contribution in [2.45, 2.75) is 117 Å². The van der Waals surface area contributed by atoms with E-state index in [-0.39, 0.29) is 13.5 Å². The molecule has 3 heteroatoms. The fourth-order valence-electron chi connectivity index (χ4n) is 3.63. The first-order chi connectivity index (χ1) is 12.3. The van der Waals surface area contributed by atoms with Crippen LogP contribution in [0.3, 0.4) is 0 Å². The predicted molar refractivity (Wildman–Crippen MR) is 110 cm³/mol. The standard InChI is InChI=1S/C22H47NO2/c1-3-5-7-9-11-12-14-16-18-22(19-23(20-24)21-25)17-15-13-10-8-6-4-2/h22,24-25H,3-21H2,1-2H3. The van der Waals surface area contributed by atoms with Gasteiger partial charge in [0.05, 0.1) is 13.5 Å². The molecule has 2 N–H and O–H groups in total. The van der Waals surface area contributed by atoms with Gasteiger partial charge in [-0.25, -0.2) is 0 Å². The zero-order chi connectivity index (χ0) is 18.6. The van der Waals surface area contributed by atoms with E-state index in [9.17, 15) is 10.2 Å². The van der Waals surface area contributed by atoms with Gasteiger partial charge in [-0.3, -0.25) is 4.90 Å². The maximum absolute atomic E-state index is 9.32. The van der Waals surface area contributed by atoms with Crippen LogP contribution < -0.4 is 0 Å². The largest absolute Gasteiger partial charge is 0.381 e. The van der Waals surface area contributed by atoms with Crippen molar-refractivity contribution >= 4 is 0 Å².